The summed E-state index contributed by atoms with van der Waals surface area (Å²) in [5.41, 5.74) is 13.9. The van der Waals surface area contributed by atoms with Crippen molar-refractivity contribution >= 4 is 31.4 Å². The highest BCUT2D eigenvalue weighted by atomic mass is 28.2. The maximum Gasteiger partial charge on any atom is 0.234 e. The quantitative estimate of drug-likeness (QED) is 0.141. The molecule has 1 fully saturated rings. The van der Waals surface area contributed by atoms with Crippen molar-refractivity contribution in [1.29, 1.82) is 0 Å². The van der Waals surface area contributed by atoms with Gasteiger partial charge in [0.05, 0.1) is 20.6 Å². The predicted octanol–water partition coefficient (Wildman–Crippen LogP) is 8.76. The molecule has 5 unspecified atom stereocenters. The molecule has 240 valence electrons. The van der Waals surface area contributed by atoms with E-state index in [1.54, 1.807) is 0 Å². The van der Waals surface area contributed by atoms with E-state index in [1.165, 1.54) is 66.7 Å². The Morgan fingerprint density at radius 3 is 2.46 bits per heavy atom. The molecule has 4 aliphatic rings. The lowest BCUT2D eigenvalue weighted by Crippen LogP contribution is -2.44. The lowest BCUT2D eigenvalue weighted by Gasteiger charge is -2.29. The minimum absolute atomic E-state index is 0.166. The van der Waals surface area contributed by atoms with Crippen LogP contribution in [0.2, 0.25) is 6.55 Å². The van der Waals surface area contributed by atoms with Crippen molar-refractivity contribution in [1.82, 2.24) is 0 Å². The summed E-state index contributed by atoms with van der Waals surface area (Å²) in [6.45, 7) is 14.1. The molecule has 4 heterocycles. The highest BCUT2D eigenvalue weighted by Crippen LogP contribution is 2.57. The van der Waals surface area contributed by atoms with Gasteiger partial charge in [0.15, 0.2) is 18.1 Å². The van der Waals surface area contributed by atoms with Crippen LogP contribution in [0.1, 0.15) is 90.6 Å². The van der Waals surface area contributed by atoms with Crippen molar-refractivity contribution in [2.75, 3.05) is 0 Å². The van der Waals surface area contributed by atoms with Crippen LogP contribution in [-0.2, 0) is 12.8 Å². The highest BCUT2D eigenvalue weighted by molar-refractivity contribution is 6.52. The summed E-state index contributed by atoms with van der Waals surface area (Å²) in [7, 11) is 0.788. The Kier molecular flexibility index (Phi) is 6.89. The van der Waals surface area contributed by atoms with Gasteiger partial charge in [-0.15, -0.1) is 0 Å². The molecule has 5 atom stereocenters. The van der Waals surface area contributed by atoms with Crippen LogP contribution in [0, 0.1) is 25.2 Å². The van der Waals surface area contributed by atoms with Crippen molar-refractivity contribution in [2.45, 2.75) is 90.8 Å². The second-order valence-electron chi connectivity index (χ2n) is 15.9. The number of aryl methyl sites for hydroxylation is 3. The minimum Gasteiger partial charge on any atom is -0.460 e. The van der Waals surface area contributed by atoms with Crippen LogP contribution in [0.25, 0.3) is 22.2 Å². The van der Waals surface area contributed by atoms with Crippen molar-refractivity contribution < 1.29 is 13.6 Å². The molecule has 2 aliphatic heterocycles. The number of aromatic nitrogens is 1. The molecule has 9 rings (SSSR count). The summed E-state index contributed by atoms with van der Waals surface area (Å²) in [5.74, 6) is 2.65. The zero-order chi connectivity index (χ0) is 32.9. The molecular formula is C44H46N2OSi+2. The monoisotopic (exact) mass is 646 g/mol. The number of rotatable bonds is 4. The predicted molar refractivity (Wildman–Crippen MR) is 197 cm³/mol. The largest absolute Gasteiger partial charge is 0.460 e. The van der Waals surface area contributed by atoms with Crippen LogP contribution in [0.3, 0.4) is 0 Å². The number of nitrogens with zero attached hydrogens (tertiary/aromatic N) is 2. The topological polar surface area (TPSA) is 20.0 Å². The fraction of sp³-hybridized carbons (Fsp3) is 0.364. The van der Waals surface area contributed by atoms with Gasteiger partial charge in [-0.05, 0) is 78.3 Å². The molecule has 2 aliphatic carbocycles. The molecule has 0 N–H and O–H groups in total. The molecule has 4 heteroatoms. The first-order valence-corrected chi connectivity index (χ1v) is 19.5. The maximum absolute atomic E-state index is 7.01. The Balaban J connectivity index is 1.22. The maximum atomic E-state index is 7.01. The average Bonchev–Trinajstić information content (AvgIpc) is 3.73. The molecule has 0 spiro atoms. The highest BCUT2D eigenvalue weighted by Gasteiger charge is 2.70. The zero-order valence-electron chi connectivity index (χ0n) is 29.2. The third kappa shape index (κ3) is 4.59. The van der Waals surface area contributed by atoms with E-state index in [1.807, 2.05) is 0 Å². The van der Waals surface area contributed by atoms with E-state index >= 15 is 0 Å². The van der Waals surface area contributed by atoms with Gasteiger partial charge in [0, 0.05) is 35.0 Å². The van der Waals surface area contributed by atoms with Gasteiger partial charge in [0.2, 0.25) is 17.8 Å². The molecular weight excluding hydrogens is 601 g/mol. The van der Waals surface area contributed by atoms with Crippen LogP contribution >= 0.6 is 0 Å². The van der Waals surface area contributed by atoms with Crippen LogP contribution in [-0.4, -0.2) is 25.8 Å². The van der Waals surface area contributed by atoms with Gasteiger partial charge in [0.1, 0.15) is 17.3 Å². The number of hydrogen-bond acceptors (Lipinski definition) is 1. The second-order valence-corrected chi connectivity index (χ2v) is 16.9. The number of pyridine rings is 1. The summed E-state index contributed by atoms with van der Waals surface area (Å²) in [4.78, 5) is 0. The van der Waals surface area contributed by atoms with Crippen LogP contribution in [0.4, 0.5) is 0 Å². The molecule has 48 heavy (non-hydrogen) atoms. The SMILES string of the molecule is C[Si]c1c[n+]2c(cc1C)-c1ccccc1C1C([N+]3=C(c4c(C)ccc5c6c(oc45)CCC(c4ccccc4)C6)CC(C(C)(C)C)C=C3)C12. The third-order valence-corrected chi connectivity index (χ3v) is 13.1. The first kappa shape index (κ1) is 30.1. The number of benzene rings is 3. The van der Waals surface area contributed by atoms with Crippen molar-refractivity contribution in [2.24, 2.45) is 11.3 Å². The Bertz CT molecular complexity index is 2160. The molecule has 0 saturated heterocycles. The molecule has 2 aromatic heterocycles. The van der Waals surface area contributed by atoms with Gasteiger partial charge in [-0.3, -0.25) is 0 Å². The van der Waals surface area contributed by atoms with Gasteiger partial charge in [0.25, 0.3) is 0 Å². The lowest BCUT2D eigenvalue weighted by molar-refractivity contribution is -0.706. The van der Waals surface area contributed by atoms with E-state index in [-0.39, 0.29) is 5.41 Å². The number of furan rings is 1. The van der Waals surface area contributed by atoms with Crippen LogP contribution < -0.4 is 9.75 Å². The molecule has 3 aromatic carbocycles. The van der Waals surface area contributed by atoms with Crippen molar-refractivity contribution in [3.8, 4) is 11.3 Å². The van der Waals surface area contributed by atoms with Crippen LogP contribution in [0.15, 0.2) is 95.7 Å². The molecule has 2 radical (unpaired) electrons. The number of hydrogen-bond donors (Lipinski definition) is 0. The summed E-state index contributed by atoms with van der Waals surface area (Å²) >= 11 is 0. The van der Waals surface area contributed by atoms with Gasteiger partial charge in [-0.25, -0.2) is 0 Å². The summed E-state index contributed by atoms with van der Waals surface area (Å²) < 4.78 is 12.3. The number of fused-ring (bicyclic) bond motifs is 9. The molecule has 5 aromatic rings. The first-order chi connectivity index (χ1) is 23.2. The van der Waals surface area contributed by atoms with Gasteiger partial charge in [-0.2, -0.15) is 9.14 Å². The Morgan fingerprint density at radius 1 is 0.875 bits per heavy atom. The Labute approximate surface area is 287 Å². The van der Waals surface area contributed by atoms with Gasteiger partial charge in [-0.1, -0.05) is 88.0 Å². The van der Waals surface area contributed by atoms with Gasteiger partial charge >= 0.3 is 0 Å². The van der Waals surface area contributed by atoms with E-state index in [9.17, 15) is 0 Å². The molecule has 3 nitrogen and oxygen atoms in total. The van der Waals surface area contributed by atoms with E-state index < -0.39 is 0 Å². The average molecular weight is 647 g/mol. The fourth-order valence-electron chi connectivity index (χ4n) is 9.32. The second kappa shape index (κ2) is 11.0. The molecule has 0 bridgehead atoms. The van der Waals surface area contributed by atoms with E-state index in [2.05, 4.69) is 142 Å². The lowest BCUT2D eigenvalue weighted by atomic mass is 9.75. The third-order valence-electron chi connectivity index (χ3n) is 12.1. The van der Waals surface area contributed by atoms with E-state index in [0.29, 0.717) is 29.8 Å². The van der Waals surface area contributed by atoms with E-state index in [0.717, 1.165) is 40.8 Å². The van der Waals surface area contributed by atoms with Gasteiger partial charge < -0.3 is 4.42 Å². The fourth-order valence-corrected chi connectivity index (χ4v) is 10.1. The Hall–Kier alpha value is -4.02. The minimum atomic E-state index is 0.166. The number of allylic oxidation sites excluding steroid dienone is 1. The Morgan fingerprint density at radius 2 is 1.67 bits per heavy atom. The van der Waals surface area contributed by atoms with Crippen molar-refractivity contribution in [3.05, 3.63) is 130 Å². The van der Waals surface area contributed by atoms with Crippen molar-refractivity contribution in [3.63, 3.8) is 0 Å². The summed E-state index contributed by atoms with van der Waals surface area (Å²) in [6.07, 6.45) is 11.7. The zero-order valence-corrected chi connectivity index (χ0v) is 30.2. The van der Waals surface area contributed by atoms with E-state index in [4.69, 9.17) is 4.42 Å². The standard InChI is InChI=1S/C44H46N2OSi/c1-26-16-18-33-34-23-29(28-12-8-7-9-13-28)17-19-37(34)47-43(33)39(26)36-24-30(44(3,4)5)20-21-45(36)41-40-32-15-11-10-14-31(32)35-22-27(2)38(48-6)25-46(35)42(40)41/h7-16,18,20-22,25,29-30,40-42H,17,19,23-24H2,1-6H3/q+2. The summed E-state index contributed by atoms with van der Waals surface area (Å²) in [6, 6.07) is 28.2. The molecule has 1 saturated carbocycles. The van der Waals surface area contributed by atoms with Crippen LogP contribution in [0.5, 0.6) is 0 Å². The normalized spacial score (nSPS) is 24.2. The molecule has 0 amide bonds. The smallest absolute Gasteiger partial charge is 0.234 e. The summed E-state index contributed by atoms with van der Waals surface area (Å²) in [5, 5.41) is 2.80. The first-order valence-electron chi connectivity index (χ1n) is 18.0.